The van der Waals surface area contributed by atoms with Gasteiger partial charge in [0.1, 0.15) is 4.32 Å². The van der Waals surface area contributed by atoms with Gasteiger partial charge >= 0.3 is 0 Å². The zero-order valence-corrected chi connectivity index (χ0v) is 14.4. The van der Waals surface area contributed by atoms with Gasteiger partial charge in [-0.25, -0.2) is 0 Å². The third kappa shape index (κ3) is 3.66. The summed E-state index contributed by atoms with van der Waals surface area (Å²) in [6, 6.07) is 14.0. The van der Waals surface area contributed by atoms with E-state index in [-0.39, 0.29) is 12.3 Å². The van der Waals surface area contributed by atoms with Crippen molar-refractivity contribution in [2.45, 2.75) is 12.8 Å². The molecule has 24 heavy (non-hydrogen) atoms. The second-order valence-corrected chi connectivity index (χ2v) is 7.09. The van der Waals surface area contributed by atoms with Crippen molar-refractivity contribution in [3.8, 4) is 0 Å². The lowest BCUT2D eigenvalue weighted by Crippen LogP contribution is -2.30. The molecule has 0 radical (unpaired) electrons. The molecule has 0 saturated carbocycles. The number of fused-ring (bicyclic) bond motifs is 1. The Morgan fingerprint density at radius 1 is 1.21 bits per heavy atom. The van der Waals surface area contributed by atoms with Crippen LogP contribution in [0, 0.1) is 0 Å². The van der Waals surface area contributed by atoms with Crippen LogP contribution in [0.4, 0.5) is 0 Å². The monoisotopic (exact) mass is 356 g/mol. The molecule has 0 spiro atoms. The summed E-state index contributed by atoms with van der Waals surface area (Å²) in [5.74, 6) is -1.29. The largest absolute Gasteiger partial charge is 0.550 e. The fourth-order valence-corrected chi connectivity index (χ4v) is 3.83. The van der Waals surface area contributed by atoms with E-state index in [0.29, 0.717) is 22.2 Å². The summed E-state index contributed by atoms with van der Waals surface area (Å²) in [6.45, 7) is 0.299. The zero-order valence-electron chi connectivity index (χ0n) is 12.7. The van der Waals surface area contributed by atoms with Gasteiger partial charge in [-0.2, -0.15) is 0 Å². The van der Waals surface area contributed by atoms with Crippen LogP contribution in [0.5, 0.6) is 0 Å². The van der Waals surface area contributed by atoms with Crippen molar-refractivity contribution in [1.29, 1.82) is 0 Å². The topological polar surface area (TPSA) is 60.4 Å². The number of carbonyl (C=O) groups is 2. The highest BCUT2D eigenvalue weighted by atomic mass is 32.2. The fourth-order valence-electron chi connectivity index (χ4n) is 2.52. The lowest BCUT2D eigenvalue weighted by molar-refractivity contribution is -0.305. The standard InChI is InChI=1S/C18H15NO3S2/c20-16(21)6-3-9-19-17(22)15(24-18(19)23)11-12-7-8-13-4-1-2-5-14(13)10-12/h1-2,4-5,7-8,10-11H,3,6,9H2,(H,20,21)/p-1/b15-11+. The number of amides is 1. The van der Waals surface area contributed by atoms with Crippen LogP contribution in [0.1, 0.15) is 18.4 Å². The van der Waals surface area contributed by atoms with Crippen LogP contribution in [0.2, 0.25) is 0 Å². The van der Waals surface area contributed by atoms with Crippen molar-refractivity contribution in [2.24, 2.45) is 0 Å². The molecule has 0 aromatic heterocycles. The van der Waals surface area contributed by atoms with Gasteiger partial charge in [-0.15, -0.1) is 0 Å². The summed E-state index contributed by atoms with van der Waals surface area (Å²) in [7, 11) is 0. The number of carbonyl (C=O) groups excluding carboxylic acids is 2. The smallest absolute Gasteiger partial charge is 0.266 e. The van der Waals surface area contributed by atoms with Gasteiger partial charge in [-0.1, -0.05) is 60.4 Å². The molecule has 4 nitrogen and oxygen atoms in total. The predicted molar refractivity (Wildman–Crippen MR) is 98.1 cm³/mol. The molecule has 2 aromatic rings. The average Bonchev–Trinajstić information content (AvgIpc) is 2.82. The number of thioether (sulfide) groups is 1. The van der Waals surface area contributed by atoms with Crippen LogP contribution < -0.4 is 5.11 Å². The van der Waals surface area contributed by atoms with Gasteiger partial charge < -0.3 is 9.90 Å². The van der Waals surface area contributed by atoms with Gasteiger partial charge in [-0.05, 0) is 41.3 Å². The van der Waals surface area contributed by atoms with E-state index in [1.165, 1.54) is 16.7 Å². The third-order valence-electron chi connectivity index (χ3n) is 3.71. The number of aliphatic carboxylic acids is 1. The van der Waals surface area contributed by atoms with Crippen molar-refractivity contribution in [3.05, 3.63) is 52.9 Å². The maximum absolute atomic E-state index is 12.4. The van der Waals surface area contributed by atoms with E-state index in [1.54, 1.807) is 0 Å². The van der Waals surface area contributed by atoms with Crippen molar-refractivity contribution >= 4 is 57.0 Å². The minimum absolute atomic E-state index is 0.0826. The molecule has 1 amide bonds. The minimum atomic E-state index is -1.12. The molecular weight excluding hydrogens is 342 g/mol. The number of hydrogen-bond donors (Lipinski definition) is 0. The first-order valence-corrected chi connectivity index (χ1v) is 8.71. The highest BCUT2D eigenvalue weighted by Gasteiger charge is 2.31. The summed E-state index contributed by atoms with van der Waals surface area (Å²) in [4.78, 5) is 24.9. The van der Waals surface area contributed by atoms with Crippen molar-refractivity contribution in [2.75, 3.05) is 6.54 Å². The Balaban J connectivity index is 1.78. The van der Waals surface area contributed by atoms with Gasteiger partial charge in [0.05, 0.1) is 4.91 Å². The lowest BCUT2D eigenvalue weighted by atomic mass is 10.1. The first kappa shape index (κ1) is 16.7. The van der Waals surface area contributed by atoms with Crippen LogP contribution in [-0.2, 0) is 9.59 Å². The lowest BCUT2D eigenvalue weighted by Gasteiger charge is -2.14. The molecule has 3 rings (SSSR count). The zero-order chi connectivity index (χ0) is 17.1. The summed E-state index contributed by atoms with van der Waals surface area (Å²) >= 11 is 6.48. The van der Waals surface area contributed by atoms with Gasteiger partial charge in [0.25, 0.3) is 5.91 Å². The predicted octanol–water partition coefficient (Wildman–Crippen LogP) is 2.57. The van der Waals surface area contributed by atoms with Crippen molar-refractivity contribution < 1.29 is 14.7 Å². The number of hydrogen-bond acceptors (Lipinski definition) is 5. The molecular formula is C18H14NO3S2-. The van der Waals surface area contributed by atoms with Crippen LogP contribution in [0.15, 0.2) is 47.4 Å². The Hall–Kier alpha value is -2.18. The molecule has 0 aliphatic carbocycles. The van der Waals surface area contributed by atoms with E-state index in [4.69, 9.17) is 12.2 Å². The van der Waals surface area contributed by atoms with E-state index in [9.17, 15) is 14.7 Å². The number of thiocarbonyl (C=S) groups is 1. The second kappa shape index (κ2) is 7.15. The SMILES string of the molecule is O=C([O-])CCCN1C(=O)/C(=C\c2ccc3ccccc3c2)SC1=S. The van der Waals surface area contributed by atoms with Gasteiger partial charge in [0.15, 0.2) is 0 Å². The first-order valence-electron chi connectivity index (χ1n) is 7.48. The average molecular weight is 356 g/mol. The molecule has 0 atom stereocenters. The molecule has 1 heterocycles. The normalized spacial score (nSPS) is 16.3. The van der Waals surface area contributed by atoms with Crippen molar-refractivity contribution in [1.82, 2.24) is 4.90 Å². The van der Waals surface area contributed by atoms with E-state index in [2.05, 4.69) is 0 Å². The van der Waals surface area contributed by atoms with Crippen LogP contribution >= 0.6 is 24.0 Å². The Morgan fingerprint density at radius 2 is 1.96 bits per heavy atom. The summed E-state index contributed by atoms with van der Waals surface area (Å²) in [6.07, 6.45) is 2.07. The molecule has 1 aliphatic rings. The molecule has 122 valence electrons. The Morgan fingerprint density at radius 3 is 2.71 bits per heavy atom. The maximum Gasteiger partial charge on any atom is 0.266 e. The molecule has 0 bridgehead atoms. The van der Waals surface area contributed by atoms with Gasteiger partial charge in [0.2, 0.25) is 0 Å². The number of carboxylic acids is 1. The summed E-state index contributed by atoms with van der Waals surface area (Å²) in [5, 5.41) is 12.7. The Bertz CT molecular complexity index is 860. The molecule has 1 aliphatic heterocycles. The fraction of sp³-hybridized carbons (Fsp3) is 0.167. The molecule has 0 unspecified atom stereocenters. The number of carboxylic acid groups (broad SMARTS) is 1. The molecule has 0 N–H and O–H groups in total. The van der Waals surface area contributed by atoms with Crippen LogP contribution in [0.25, 0.3) is 16.8 Å². The maximum atomic E-state index is 12.4. The van der Waals surface area contributed by atoms with Crippen LogP contribution in [-0.4, -0.2) is 27.6 Å². The highest BCUT2D eigenvalue weighted by Crippen LogP contribution is 2.33. The molecule has 1 saturated heterocycles. The molecule has 2 aromatic carbocycles. The van der Waals surface area contributed by atoms with E-state index in [1.807, 2.05) is 48.5 Å². The molecule has 1 fully saturated rings. The minimum Gasteiger partial charge on any atom is -0.550 e. The van der Waals surface area contributed by atoms with Gasteiger partial charge in [0, 0.05) is 12.5 Å². The Labute approximate surface area is 149 Å². The molecule has 6 heteroatoms. The van der Waals surface area contributed by atoms with Crippen LogP contribution in [0.3, 0.4) is 0 Å². The van der Waals surface area contributed by atoms with Gasteiger partial charge in [-0.3, -0.25) is 9.69 Å². The van der Waals surface area contributed by atoms with E-state index >= 15 is 0 Å². The number of nitrogens with zero attached hydrogens (tertiary/aromatic N) is 1. The second-order valence-electron chi connectivity index (χ2n) is 5.42. The number of rotatable bonds is 5. The third-order valence-corrected chi connectivity index (χ3v) is 5.09. The first-order chi connectivity index (χ1) is 11.5. The summed E-state index contributed by atoms with van der Waals surface area (Å²) in [5.41, 5.74) is 0.934. The van der Waals surface area contributed by atoms with Crippen molar-refractivity contribution in [3.63, 3.8) is 0 Å². The quantitative estimate of drug-likeness (QED) is 0.609. The summed E-state index contributed by atoms with van der Waals surface area (Å²) < 4.78 is 0.463. The number of benzene rings is 2. The van der Waals surface area contributed by atoms with E-state index < -0.39 is 5.97 Å². The van der Waals surface area contributed by atoms with E-state index in [0.717, 1.165) is 16.3 Å². The Kier molecular flexibility index (Phi) is 4.97. The highest BCUT2D eigenvalue weighted by molar-refractivity contribution is 8.26.